The molecular formula is C10H6FNO3S. The number of carbonyl (C=O) groups is 1. The van der Waals surface area contributed by atoms with E-state index in [0.29, 0.717) is 0 Å². The summed E-state index contributed by atoms with van der Waals surface area (Å²) >= 11 is 3.85. The zero-order valence-electron chi connectivity index (χ0n) is 7.85. The zero-order valence-corrected chi connectivity index (χ0v) is 8.74. The SMILES string of the molecule is O=C(O)c1ccc(F)cc1-c1coc(S)n1. The molecule has 0 fully saturated rings. The fourth-order valence-corrected chi connectivity index (χ4v) is 1.46. The van der Waals surface area contributed by atoms with Gasteiger partial charge in [-0.1, -0.05) is 12.6 Å². The minimum Gasteiger partial charge on any atom is -0.478 e. The van der Waals surface area contributed by atoms with Crippen LogP contribution in [0.3, 0.4) is 0 Å². The van der Waals surface area contributed by atoms with E-state index in [1.165, 1.54) is 12.3 Å². The number of thiol groups is 1. The quantitative estimate of drug-likeness (QED) is 0.790. The second-order valence-electron chi connectivity index (χ2n) is 3.01. The maximum absolute atomic E-state index is 13.0. The van der Waals surface area contributed by atoms with Gasteiger partial charge in [0.2, 0.25) is 0 Å². The van der Waals surface area contributed by atoms with E-state index in [1.54, 1.807) is 0 Å². The lowest BCUT2D eigenvalue weighted by Crippen LogP contribution is -2.00. The van der Waals surface area contributed by atoms with Crippen LogP contribution in [0.15, 0.2) is 34.1 Å². The minimum absolute atomic E-state index is 0.0389. The third kappa shape index (κ3) is 1.92. The number of rotatable bonds is 2. The molecule has 2 rings (SSSR count). The topological polar surface area (TPSA) is 63.3 Å². The average molecular weight is 239 g/mol. The van der Waals surface area contributed by atoms with Crippen LogP contribution < -0.4 is 0 Å². The predicted molar refractivity (Wildman–Crippen MR) is 56.1 cm³/mol. The van der Waals surface area contributed by atoms with Crippen LogP contribution in [-0.2, 0) is 0 Å². The third-order valence-electron chi connectivity index (χ3n) is 1.98. The molecule has 6 heteroatoms. The lowest BCUT2D eigenvalue weighted by atomic mass is 10.1. The first-order valence-corrected chi connectivity index (χ1v) is 4.70. The van der Waals surface area contributed by atoms with E-state index < -0.39 is 11.8 Å². The molecule has 0 saturated carbocycles. The van der Waals surface area contributed by atoms with Gasteiger partial charge in [0.15, 0.2) is 0 Å². The van der Waals surface area contributed by atoms with Gasteiger partial charge in [0, 0.05) is 5.56 Å². The molecule has 0 bridgehead atoms. The Hall–Kier alpha value is -1.82. The molecule has 0 unspecified atom stereocenters. The highest BCUT2D eigenvalue weighted by molar-refractivity contribution is 7.80. The molecule has 0 radical (unpaired) electrons. The zero-order chi connectivity index (χ0) is 11.7. The van der Waals surface area contributed by atoms with E-state index in [4.69, 9.17) is 9.52 Å². The number of nitrogens with zero attached hydrogens (tertiary/aromatic N) is 1. The summed E-state index contributed by atoms with van der Waals surface area (Å²) in [6.07, 6.45) is 1.23. The molecule has 4 nitrogen and oxygen atoms in total. The molecule has 1 aromatic heterocycles. The highest BCUT2D eigenvalue weighted by atomic mass is 32.1. The van der Waals surface area contributed by atoms with Crippen molar-refractivity contribution in [1.82, 2.24) is 4.98 Å². The number of hydrogen-bond acceptors (Lipinski definition) is 4. The Morgan fingerprint density at radius 1 is 1.50 bits per heavy atom. The first-order valence-electron chi connectivity index (χ1n) is 4.25. The Morgan fingerprint density at radius 2 is 2.25 bits per heavy atom. The fraction of sp³-hybridized carbons (Fsp3) is 0. The van der Waals surface area contributed by atoms with Crippen molar-refractivity contribution >= 4 is 18.6 Å². The van der Waals surface area contributed by atoms with Crippen LogP contribution in [-0.4, -0.2) is 16.1 Å². The largest absolute Gasteiger partial charge is 0.478 e. The molecule has 16 heavy (non-hydrogen) atoms. The normalized spacial score (nSPS) is 10.4. The smallest absolute Gasteiger partial charge is 0.336 e. The van der Waals surface area contributed by atoms with Crippen molar-refractivity contribution in [1.29, 1.82) is 0 Å². The summed E-state index contributed by atoms with van der Waals surface area (Å²) in [5.74, 6) is -1.69. The summed E-state index contributed by atoms with van der Waals surface area (Å²) < 4.78 is 17.9. The third-order valence-corrected chi connectivity index (χ3v) is 2.19. The minimum atomic E-state index is -1.15. The maximum atomic E-state index is 13.0. The summed E-state index contributed by atoms with van der Waals surface area (Å²) in [6.45, 7) is 0. The first kappa shape index (κ1) is 10.7. The number of hydrogen-bond donors (Lipinski definition) is 2. The van der Waals surface area contributed by atoms with Crippen LogP contribution in [0.2, 0.25) is 0 Å². The maximum Gasteiger partial charge on any atom is 0.336 e. The Morgan fingerprint density at radius 3 is 2.81 bits per heavy atom. The fourth-order valence-electron chi connectivity index (χ4n) is 1.30. The monoisotopic (exact) mass is 239 g/mol. The molecule has 0 aliphatic carbocycles. The van der Waals surface area contributed by atoms with Crippen molar-refractivity contribution in [2.24, 2.45) is 0 Å². The van der Waals surface area contributed by atoms with Gasteiger partial charge in [-0.25, -0.2) is 14.2 Å². The Bertz CT molecular complexity index is 553. The molecule has 0 aliphatic rings. The van der Waals surface area contributed by atoms with Crippen molar-refractivity contribution in [3.05, 3.63) is 35.8 Å². The van der Waals surface area contributed by atoms with Crippen molar-refractivity contribution in [3.63, 3.8) is 0 Å². The molecule has 2 aromatic rings. The van der Waals surface area contributed by atoms with E-state index >= 15 is 0 Å². The lowest BCUT2D eigenvalue weighted by Gasteiger charge is -2.02. The Balaban J connectivity index is 2.62. The summed E-state index contributed by atoms with van der Waals surface area (Å²) in [5, 5.41) is 9.02. The van der Waals surface area contributed by atoms with Crippen LogP contribution in [0.25, 0.3) is 11.3 Å². The molecule has 0 aliphatic heterocycles. The summed E-state index contributed by atoms with van der Waals surface area (Å²) in [5.41, 5.74) is 0.362. The van der Waals surface area contributed by atoms with Gasteiger partial charge in [-0.3, -0.25) is 0 Å². The summed E-state index contributed by atoms with van der Waals surface area (Å²) in [6, 6.07) is 3.35. The van der Waals surface area contributed by atoms with Gasteiger partial charge in [0.1, 0.15) is 17.8 Å². The second kappa shape index (κ2) is 3.97. The molecular weight excluding hydrogens is 233 g/mol. The van der Waals surface area contributed by atoms with Crippen LogP contribution in [0.5, 0.6) is 0 Å². The number of halogens is 1. The Kier molecular flexibility index (Phi) is 2.66. The number of carboxylic acids is 1. The number of benzene rings is 1. The standard InChI is InChI=1S/C10H6FNO3S/c11-5-1-2-6(9(13)14)7(3-5)8-4-15-10(16)12-8/h1-4H,(H,12,16)(H,13,14). The first-order chi connectivity index (χ1) is 7.58. The van der Waals surface area contributed by atoms with Crippen LogP contribution >= 0.6 is 12.6 Å². The number of oxazole rings is 1. The summed E-state index contributed by atoms with van der Waals surface area (Å²) in [7, 11) is 0. The number of aromatic nitrogens is 1. The van der Waals surface area contributed by atoms with Gasteiger partial charge in [0.25, 0.3) is 5.22 Å². The van der Waals surface area contributed by atoms with E-state index in [9.17, 15) is 9.18 Å². The van der Waals surface area contributed by atoms with Gasteiger partial charge in [0.05, 0.1) is 5.56 Å². The van der Waals surface area contributed by atoms with Crippen molar-refractivity contribution in [2.45, 2.75) is 5.22 Å². The van der Waals surface area contributed by atoms with Crippen molar-refractivity contribution in [2.75, 3.05) is 0 Å². The average Bonchev–Trinajstić information content (AvgIpc) is 2.64. The van der Waals surface area contributed by atoms with Crippen LogP contribution in [0.4, 0.5) is 4.39 Å². The molecule has 1 heterocycles. The second-order valence-corrected chi connectivity index (χ2v) is 3.39. The van der Waals surface area contributed by atoms with Gasteiger partial charge in [-0.2, -0.15) is 0 Å². The van der Waals surface area contributed by atoms with Gasteiger partial charge >= 0.3 is 5.97 Å². The predicted octanol–water partition coefficient (Wildman–Crippen LogP) is 2.47. The molecule has 1 N–H and O–H groups in total. The van der Waals surface area contributed by atoms with Gasteiger partial charge in [-0.15, -0.1) is 0 Å². The van der Waals surface area contributed by atoms with E-state index in [-0.39, 0.29) is 22.0 Å². The van der Waals surface area contributed by atoms with Gasteiger partial charge < -0.3 is 9.52 Å². The Labute approximate surface area is 95.1 Å². The van der Waals surface area contributed by atoms with Crippen molar-refractivity contribution in [3.8, 4) is 11.3 Å². The summed E-state index contributed by atoms with van der Waals surface area (Å²) in [4.78, 5) is 14.7. The van der Waals surface area contributed by atoms with E-state index in [1.807, 2.05) is 0 Å². The molecule has 0 amide bonds. The van der Waals surface area contributed by atoms with Crippen LogP contribution in [0, 0.1) is 5.82 Å². The van der Waals surface area contributed by atoms with Gasteiger partial charge in [-0.05, 0) is 18.2 Å². The molecule has 1 aromatic carbocycles. The molecule has 82 valence electrons. The number of aromatic carboxylic acids is 1. The number of carboxylic acid groups (broad SMARTS) is 1. The van der Waals surface area contributed by atoms with E-state index in [0.717, 1.165) is 12.1 Å². The van der Waals surface area contributed by atoms with E-state index in [2.05, 4.69) is 17.6 Å². The molecule has 0 spiro atoms. The highest BCUT2D eigenvalue weighted by Crippen LogP contribution is 2.25. The van der Waals surface area contributed by atoms with Crippen LogP contribution in [0.1, 0.15) is 10.4 Å². The molecule has 0 atom stereocenters. The molecule has 0 saturated heterocycles. The lowest BCUT2D eigenvalue weighted by molar-refractivity contribution is 0.0697. The van der Waals surface area contributed by atoms with Crippen molar-refractivity contribution < 1.29 is 18.7 Å². The highest BCUT2D eigenvalue weighted by Gasteiger charge is 2.15.